The summed E-state index contributed by atoms with van der Waals surface area (Å²) in [5.41, 5.74) is -0.530. The minimum atomic E-state index is -0.924. The number of halogens is 1. The van der Waals surface area contributed by atoms with Crippen LogP contribution < -0.4 is 11.2 Å². The third kappa shape index (κ3) is 4.44. The molecule has 0 saturated carbocycles. The van der Waals surface area contributed by atoms with E-state index in [0.717, 1.165) is 0 Å². The molecule has 1 aliphatic heterocycles. The first-order valence-corrected chi connectivity index (χ1v) is 9.09. The maximum absolute atomic E-state index is 12.1. The van der Waals surface area contributed by atoms with Gasteiger partial charge in [0.05, 0.1) is 17.2 Å². The molecule has 0 spiro atoms. The van der Waals surface area contributed by atoms with Crippen molar-refractivity contribution < 1.29 is 19.4 Å². The van der Waals surface area contributed by atoms with Crippen LogP contribution in [0, 0.1) is 0 Å². The summed E-state index contributed by atoms with van der Waals surface area (Å²) in [6, 6.07) is 8.46. The Balaban J connectivity index is 1.70. The summed E-state index contributed by atoms with van der Waals surface area (Å²) >= 11 is 3.08. The SMILES string of the molecule is O=C(OC[C@@H]1O[C@H](n2cc(/C=C/Br)c(=O)[nH]c2=O)CC1O)c1ccccc1. The van der Waals surface area contributed by atoms with Crippen molar-refractivity contribution in [2.24, 2.45) is 0 Å². The monoisotopic (exact) mass is 436 g/mol. The van der Waals surface area contributed by atoms with Gasteiger partial charge in [-0.25, -0.2) is 9.59 Å². The number of carbonyl (C=O) groups excluding carboxylic acids is 1. The number of aromatic amines is 1. The standard InChI is InChI=1S/C18H17BrN2O6/c19-7-6-12-9-21(18(25)20-16(12)23)15-8-13(22)14(27-15)10-26-17(24)11-4-2-1-3-5-11/h1-7,9,13-15,22H,8,10H2,(H,20,23,25)/b7-6+/t13?,14-,15-/m0/s1. The van der Waals surface area contributed by atoms with E-state index in [2.05, 4.69) is 20.9 Å². The number of nitrogens with zero attached hydrogens (tertiary/aromatic N) is 1. The lowest BCUT2D eigenvalue weighted by atomic mass is 10.2. The highest BCUT2D eigenvalue weighted by atomic mass is 79.9. The topological polar surface area (TPSA) is 111 Å². The molecule has 0 bridgehead atoms. The van der Waals surface area contributed by atoms with Gasteiger partial charge in [0.2, 0.25) is 0 Å². The van der Waals surface area contributed by atoms with E-state index in [-0.39, 0.29) is 18.6 Å². The first-order valence-electron chi connectivity index (χ1n) is 8.17. The number of rotatable bonds is 5. The summed E-state index contributed by atoms with van der Waals surface area (Å²) in [6.45, 7) is -0.155. The molecule has 1 aromatic carbocycles. The predicted octanol–water partition coefficient (Wildman–Crippen LogP) is 1.41. The van der Waals surface area contributed by atoms with Crippen molar-refractivity contribution in [2.45, 2.75) is 24.9 Å². The first-order chi connectivity index (χ1) is 13.0. The molecule has 0 amide bonds. The van der Waals surface area contributed by atoms with E-state index in [9.17, 15) is 19.5 Å². The van der Waals surface area contributed by atoms with E-state index >= 15 is 0 Å². The number of aliphatic hydroxyl groups is 1. The fraction of sp³-hybridized carbons (Fsp3) is 0.278. The molecule has 1 fully saturated rings. The van der Waals surface area contributed by atoms with Crippen molar-refractivity contribution in [3.05, 3.63) is 73.5 Å². The van der Waals surface area contributed by atoms with Crippen LogP contribution >= 0.6 is 15.9 Å². The Morgan fingerprint density at radius 2 is 2.11 bits per heavy atom. The number of esters is 1. The van der Waals surface area contributed by atoms with Crippen LogP contribution in [-0.2, 0) is 9.47 Å². The second kappa shape index (κ2) is 8.47. The van der Waals surface area contributed by atoms with Gasteiger partial charge in [-0.2, -0.15) is 0 Å². The lowest BCUT2D eigenvalue weighted by Crippen LogP contribution is -2.33. The van der Waals surface area contributed by atoms with Gasteiger partial charge in [-0.15, -0.1) is 0 Å². The van der Waals surface area contributed by atoms with Gasteiger partial charge in [-0.1, -0.05) is 34.1 Å². The van der Waals surface area contributed by atoms with Crippen LogP contribution in [0.4, 0.5) is 0 Å². The second-order valence-electron chi connectivity index (χ2n) is 5.94. The molecule has 1 unspecified atom stereocenters. The molecule has 3 rings (SSSR count). The molecule has 8 nitrogen and oxygen atoms in total. The van der Waals surface area contributed by atoms with E-state index in [1.807, 2.05) is 0 Å². The molecule has 2 N–H and O–H groups in total. The Labute approximate surface area is 162 Å². The number of ether oxygens (including phenoxy) is 2. The zero-order chi connectivity index (χ0) is 19.4. The fourth-order valence-corrected chi connectivity index (χ4v) is 3.04. The number of hydrogen-bond acceptors (Lipinski definition) is 6. The fourth-order valence-electron chi connectivity index (χ4n) is 2.75. The van der Waals surface area contributed by atoms with Crippen molar-refractivity contribution in [3.63, 3.8) is 0 Å². The Morgan fingerprint density at radius 3 is 2.81 bits per heavy atom. The van der Waals surface area contributed by atoms with Crippen molar-refractivity contribution in [1.29, 1.82) is 0 Å². The number of H-pyrrole nitrogens is 1. The van der Waals surface area contributed by atoms with E-state index in [0.29, 0.717) is 5.56 Å². The largest absolute Gasteiger partial charge is 0.459 e. The zero-order valence-corrected chi connectivity index (χ0v) is 15.7. The number of hydrogen-bond donors (Lipinski definition) is 2. The number of carbonyl (C=O) groups is 1. The summed E-state index contributed by atoms with van der Waals surface area (Å²) in [4.78, 5) is 39.5. The lowest BCUT2D eigenvalue weighted by Gasteiger charge is -2.16. The molecule has 2 aromatic rings. The molecule has 1 aromatic heterocycles. The highest BCUT2D eigenvalue weighted by Crippen LogP contribution is 2.28. The maximum atomic E-state index is 12.1. The van der Waals surface area contributed by atoms with Gasteiger partial charge in [0.15, 0.2) is 0 Å². The Morgan fingerprint density at radius 1 is 1.37 bits per heavy atom. The maximum Gasteiger partial charge on any atom is 0.338 e. The highest BCUT2D eigenvalue weighted by molar-refractivity contribution is 9.11. The molecule has 0 radical (unpaired) electrons. The zero-order valence-electron chi connectivity index (χ0n) is 14.1. The van der Waals surface area contributed by atoms with Crippen molar-refractivity contribution >= 4 is 28.0 Å². The molecule has 2 heterocycles. The van der Waals surface area contributed by atoms with Gasteiger partial charge in [-0.05, 0) is 23.2 Å². The molecular formula is C18H17BrN2O6. The number of aliphatic hydroxyl groups excluding tert-OH is 1. The third-order valence-corrected chi connectivity index (χ3v) is 4.40. The Hall–Kier alpha value is -2.49. The van der Waals surface area contributed by atoms with Gasteiger partial charge in [0.1, 0.15) is 18.9 Å². The predicted molar refractivity (Wildman–Crippen MR) is 101 cm³/mol. The first kappa shape index (κ1) is 19.3. The van der Waals surface area contributed by atoms with Crippen LogP contribution in [0.25, 0.3) is 6.08 Å². The minimum absolute atomic E-state index is 0.122. The summed E-state index contributed by atoms with van der Waals surface area (Å²) in [7, 11) is 0. The molecule has 3 atom stereocenters. The van der Waals surface area contributed by atoms with E-state index in [4.69, 9.17) is 9.47 Å². The van der Waals surface area contributed by atoms with Crippen LogP contribution in [0.5, 0.6) is 0 Å². The van der Waals surface area contributed by atoms with Crippen molar-refractivity contribution in [3.8, 4) is 0 Å². The summed E-state index contributed by atoms with van der Waals surface area (Å²) in [5, 5.41) is 10.2. The van der Waals surface area contributed by atoms with Crippen LogP contribution in [0.2, 0.25) is 0 Å². The molecule has 1 saturated heterocycles. The molecule has 27 heavy (non-hydrogen) atoms. The summed E-state index contributed by atoms with van der Waals surface area (Å²) in [5.74, 6) is -0.527. The van der Waals surface area contributed by atoms with Gasteiger partial charge >= 0.3 is 11.7 Å². The quantitative estimate of drug-likeness (QED) is 0.685. The number of nitrogens with one attached hydrogen (secondary N) is 1. The van der Waals surface area contributed by atoms with E-state index < -0.39 is 35.7 Å². The minimum Gasteiger partial charge on any atom is -0.459 e. The van der Waals surface area contributed by atoms with Crippen LogP contribution in [0.15, 0.2) is 51.1 Å². The van der Waals surface area contributed by atoms with Crippen molar-refractivity contribution in [2.75, 3.05) is 6.61 Å². The summed E-state index contributed by atoms with van der Waals surface area (Å²) in [6.07, 6.45) is 0.474. The molecule has 0 aliphatic carbocycles. The van der Waals surface area contributed by atoms with Crippen LogP contribution in [0.3, 0.4) is 0 Å². The molecular weight excluding hydrogens is 420 g/mol. The molecule has 9 heteroatoms. The average molecular weight is 437 g/mol. The van der Waals surface area contributed by atoms with Gasteiger partial charge in [0.25, 0.3) is 5.56 Å². The second-order valence-corrected chi connectivity index (χ2v) is 6.47. The van der Waals surface area contributed by atoms with Gasteiger partial charge in [0, 0.05) is 12.6 Å². The molecule has 1 aliphatic rings. The molecule has 142 valence electrons. The number of aromatic nitrogens is 2. The smallest absolute Gasteiger partial charge is 0.338 e. The van der Waals surface area contributed by atoms with Crippen LogP contribution in [0.1, 0.15) is 28.6 Å². The van der Waals surface area contributed by atoms with Gasteiger partial charge in [-0.3, -0.25) is 14.3 Å². The Bertz CT molecular complexity index is 952. The van der Waals surface area contributed by atoms with Gasteiger partial charge < -0.3 is 14.6 Å². The van der Waals surface area contributed by atoms with Crippen molar-refractivity contribution in [1.82, 2.24) is 9.55 Å². The number of benzene rings is 1. The summed E-state index contributed by atoms with van der Waals surface area (Å²) < 4.78 is 12.1. The van der Waals surface area contributed by atoms with Crippen LogP contribution in [-0.4, -0.2) is 39.4 Å². The van der Waals surface area contributed by atoms with E-state index in [1.54, 1.807) is 30.3 Å². The van der Waals surface area contributed by atoms with E-state index in [1.165, 1.54) is 21.8 Å². The highest BCUT2D eigenvalue weighted by Gasteiger charge is 2.36. The normalized spacial score (nSPS) is 22.2. The lowest BCUT2D eigenvalue weighted by molar-refractivity contribution is -0.0532. The average Bonchev–Trinajstić information content (AvgIpc) is 3.03. The third-order valence-electron chi connectivity index (χ3n) is 4.14. The Kier molecular flexibility index (Phi) is 6.04.